The largest absolute Gasteiger partial charge is 0.388 e. The fourth-order valence-corrected chi connectivity index (χ4v) is 1.46. The fourth-order valence-electron chi connectivity index (χ4n) is 1.46. The van der Waals surface area contributed by atoms with Gasteiger partial charge in [0.2, 0.25) is 5.91 Å². The molecule has 1 heterocycles. The van der Waals surface area contributed by atoms with E-state index in [0.717, 1.165) is 0 Å². The van der Waals surface area contributed by atoms with Crippen molar-refractivity contribution < 1.29 is 24.9 Å². The molecule has 1 unspecified atom stereocenters. The van der Waals surface area contributed by atoms with E-state index in [1.54, 1.807) is 6.92 Å². The molecular formula is C8H15NO5. The molecule has 5 atom stereocenters. The van der Waals surface area contributed by atoms with Crippen LogP contribution in [0.4, 0.5) is 0 Å². The van der Waals surface area contributed by atoms with Crippen LogP contribution in [0.2, 0.25) is 0 Å². The van der Waals surface area contributed by atoms with Crippen LogP contribution in [0.1, 0.15) is 13.8 Å². The number of nitrogens with one attached hydrogen (secondary N) is 1. The molecule has 14 heavy (non-hydrogen) atoms. The molecule has 1 fully saturated rings. The molecule has 6 nitrogen and oxygen atoms in total. The van der Waals surface area contributed by atoms with Crippen molar-refractivity contribution in [3.05, 3.63) is 0 Å². The molecule has 0 aromatic rings. The van der Waals surface area contributed by atoms with Crippen LogP contribution in [0.15, 0.2) is 0 Å². The monoisotopic (exact) mass is 205 g/mol. The van der Waals surface area contributed by atoms with E-state index in [0.29, 0.717) is 0 Å². The molecule has 0 spiro atoms. The first-order chi connectivity index (χ1) is 6.43. The van der Waals surface area contributed by atoms with E-state index in [1.807, 2.05) is 0 Å². The van der Waals surface area contributed by atoms with Crippen molar-refractivity contribution in [2.75, 3.05) is 0 Å². The van der Waals surface area contributed by atoms with Gasteiger partial charge in [-0.3, -0.25) is 4.79 Å². The van der Waals surface area contributed by atoms with Crippen molar-refractivity contribution in [3.8, 4) is 0 Å². The van der Waals surface area contributed by atoms with Crippen LogP contribution in [0, 0.1) is 0 Å². The van der Waals surface area contributed by atoms with E-state index in [1.165, 1.54) is 6.92 Å². The summed E-state index contributed by atoms with van der Waals surface area (Å²) in [4.78, 5) is 10.8. The summed E-state index contributed by atoms with van der Waals surface area (Å²) < 4.78 is 4.83. The maximum Gasteiger partial charge on any atom is 0.217 e. The minimum Gasteiger partial charge on any atom is -0.388 e. The van der Waals surface area contributed by atoms with Crippen LogP contribution in [0.3, 0.4) is 0 Å². The van der Waals surface area contributed by atoms with E-state index < -0.39 is 30.6 Å². The summed E-state index contributed by atoms with van der Waals surface area (Å²) in [5.74, 6) is -0.380. The number of ether oxygens (including phenoxy) is 1. The van der Waals surface area contributed by atoms with Crippen LogP contribution < -0.4 is 5.32 Å². The van der Waals surface area contributed by atoms with Gasteiger partial charge in [0.25, 0.3) is 0 Å². The highest BCUT2D eigenvalue weighted by Crippen LogP contribution is 2.19. The van der Waals surface area contributed by atoms with Gasteiger partial charge in [-0.15, -0.1) is 0 Å². The average molecular weight is 205 g/mol. The third kappa shape index (κ3) is 2.21. The van der Waals surface area contributed by atoms with Gasteiger partial charge in [0.05, 0.1) is 12.1 Å². The lowest BCUT2D eigenvalue weighted by Gasteiger charge is -2.39. The van der Waals surface area contributed by atoms with Crippen molar-refractivity contribution in [1.29, 1.82) is 0 Å². The lowest BCUT2D eigenvalue weighted by molar-refractivity contribution is -0.251. The summed E-state index contributed by atoms with van der Waals surface area (Å²) in [6, 6.07) is -0.897. The molecule has 1 rings (SSSR count). The number of carbonyl (C=O) groups excluding carboxylic acids is 1. The summed E-state index contributed by atoms with van der Waals surface area (Å²) in [6.07, 6.45) is -4.36. The SMILES string of the molecule is CC(=O)N[C@@H]1[C@H](O)[C@H](C)OC(O)[C@H]1O. The second-order valence-corrected chi connectivity index (χ2v) is 3.44. The molecule has 1 amide bonds. The maximum atomic E-state index is 10.8. The molecule has 4 N–H and O–H groups in total. The van der Waals surface area contributed by atoms with Gasteiger partial charge < -0.3 is 25.4 Å². The Balaban J connectivity index is 2.71. The Morgan fingerprint density at radius 2 is 1.86 bits per heavy atom. The first-order valence-corrected chi connectivity index (χ1v) is 4.40. The van der Waals surface area contributed by atoms with E-state index >= 15 is 0 Å². The Morgan fingerprint density at radius 1 is 1.29 bits per heavy atom. The first-order valence-electron chi connectivity index (χ1n) is 4.40. The average Bonchev–Trinajstić information content (AvgIpc) is 2.09. The topological polar surface area (TPSA) is 99.0 Å². The van der Waals surface area contributed by atoms with Crippen LogP contribution >= 0.6 is 0 Å². The third-order valence-electron chi connectivity index (χ3n) is 2.23. The molecule has 0 aromatic heterocycles. The van der Waals surface area contributed by atoms with Crippen molar-refractivity contribution in [2.45, 2.75) is 44.5 Å². The van der Waals surface area contributed by atoms with Crippen LogP contribution in [0.25, 0.3) is 0 Å². The fraction of sp³-hybridized carbons (Fsp3) is 0.875. The molecule has 0 aromatic carbocycles. The van der Waals surface area contributed by atoms with Gasteiger partial charge >= 0.3 is 0 Å². The molecule has 82 valence electrons. The van der Waals surface area contributed by atoms with Crippen molar-refractivity contribution in [3.63, 3.8) is 0 Å². The van der Waals surface area contributed by atoms with E-state index in [2.05, 4.69) is 5.32 Å². The zero-order chi connectivity index (χ0) is 10.9. The highest BCUT2D eigenvalue weighted by Gasteiger charge is 2.42. The van der Waals surface area contributed by atoms with Gasteiger partial charge in [-0.25, -0.2) is 0 Å². The number of hydrogen-bond donors (Lipinski definition) is 4. The predicted octanol–water partition coefficient (Wildman–Crippen LogP) is -2.05. The molecule has 0 radical (unpaired) electrons. The Kier molecular flexibility index (Phi) is 3.43. The van der Waals surface area contributed by atoms with Crippen molar-refractivity contribution in [2.24, 2.45) is 0 Å². The van der Waals surface area contributed by atoms with Crippen molar-refractivity contribution in [1.82, 2.24) is 5.32 Å². The first kappa shape index (κ1) is 11.4. The second-order valence-electron chi connectivity index (χ2n) is 3.44. The zero-order valence-electron chi connectivity index (χ0n) is 8.04. The number of amides is 1. The van der Waals surface area contributed by atoms with E-state index in [-0.39, 0.29) is 5.91 Å². The molecule has 1 aliphatic heterocycles. The number of aliphatic hydroxyl groups is 3. The summed E-state index contributed by atoms with van der Waals surface area (Å²) in [6.45, 7) is 2.82. The molecule has 0 aliphatic carbocycles. The molecule has 1 aliphatic rings. The number of rotatable bonds is 1. The highest BCUT2D eigenvalue weighted by atomic mass is 16.6. The smallest absolute Gasteiger partial charge is 0.217 e. The summed E-state index contributed by atoms with van der Waals surface area (Å²) in [7, 11) is 0. The molecule has 6 heteroatoms. The van der Waals surface area contributed by atoms with Gasteiger partial charge in [0.1, 0.15) is 12.2 Å². The molecular weight excluding hydrogens is 190 g/mol. The predicted molar refractivity (Wildman–Crippen MR) is 46.2 cm³/mol. The lowest BCUT2D eigenvalue weighted by atomic mass is 9.97. The minimum absolute atomic E-state index is 0.380. The normalized spacial score (nSPS) is 43.4. The van der Waals surface area contributed by atoms with E-state index in [9.17, 15) is 20.1 Å². The van der Waals surface area contributed by atoms with Gasteiger partial charge in [0.15, 0.2) is 6.29 Å². The third-order valence-corrected chi connectivity index (χ3v) is 2.23. The van der Waals surface area contributed by atoms with Crippen LogP contribution in [-0.2, 0) is 9.53 Å². The Hall–Kier alpha value is -0.690. The minimum atomic E-state index is -1.38. The molecule has 0 bridgehead atoms. The number of hydrogen-bond acceptors (Lipinski definition) is 5. The Morgan fingerprint density at radius 3 is 2.36 bits per heavy atom. The molecule has 0 saturated carbocycles. The van der Waals surface area contributed by atoms with Gasteiger partial charge in [-0.2, -0.15) is 0 Å². The van der Waals surface area contributed by atoms with Gasteiger partial charge in [0, 0.05) is 6.92 Å². The van der Waals surface area contributed by atoms with Crippen LogP contribution in [-0.4, -0.2) is 51.9 Å². The van der Waals surface area contributed by atoms with Gasteiger partial charge in [-0.1, -0.05) is 0 Å². The van der Waals surface area contributed by atoms with Gasteiger partial charge in [-0.05, 0) is 6.92 Å². The van der Waals surface area contributed by atoms with E-state index in [4.69, 9.17) is 4.74 Å². The standard InChI is InChI=1S/C8H15NO5/c1-3-6(11)5(9-4(2)10)7(12)8(13)14-3/h3,5-8,11-13H,1-2H3,(H,9,10)/t3-,5+,6+,7-,8?/m0/s1. The molecule has 1 saturated heterocycles. The maximum absolute atomic E-state index is 10.8. The highest BCUT2D eigenvalue weighted by molar-refractivity contribution is 5.73. The number of carbonyl (C=O) groups is 1. The second kappa shape index (κ2) is 4.22. The quantitative estimate of drug-likeness (QED) is 0.395. The zero-order valence-corrected chi connectivity index (χ0v) is 8.04. The Labute approximate surface area is 81.5 Å². The summed E-state index contributed by atoms with van der Waals surface area (Å²) in [5.41, 5.74) is 0. The summed E-state index contributed by atoms with van der Waals surface area (Å²) >= 11 is 0. The van der Waals surface area contributed by atoms with Crippen molar-refractivity contribution >= 4 is 5.91 Å². The Bertz CT molecular complexity index is 208. The van der Waals surface area contributed by atoms with Crippen LogP contribution in [0.5, 0.6) is 0 Å². The lowest BCUT2D eigenvalue weighted by Crippen LogP contribution is -2.62. The number of aliphatic hydroxyl groups excluding tert-OH is 3. The summed E-state index contributed by atoms with van der Waals surface area (Å²) in [5, 5.41) is 30.6.